The van der Waals surface area contributed by atoms with E-state index in [4.69, 9.17) is 0 Å². The van der Waals surface area contributed by atoms with Gasteiger partial charge in [-0.1, -0.05) is 36.4 Å². The minimum Gasteiger partial charge on any atom is -0.206 e. The molecular weight excluding hydrogens is 182 g/mol. The molecule has 0 spiro atoms. The van der Waals surface area contributed by atoms with Gasteiger partial charge >= 0.3 is 0 Å². The second-order valence-corrected chi connectivity index (χ2v) is 2.96. The number of halogens is 2. The topological polar surface area (TPSA) is 0 Å². The van der Waals surface area contributed by atoms with E-state index in [1.165, 1.54) is 18.2 Å². The molecule has 2 aromatic carbocycles. The molecule has 0 saturated carbocycles. The van der Waals surface area contributed by atoms with Gasteiger partial charge in [0, 0.05) is 0 Å². The first-order valence-corrected chi connectivity index (χ1v) is 4.28. The predicted molar refractivity (Wildman–Crippen MR) is 51.8 cm³/mol. The van der Waals surface area contributed by atoms with Gasteiger partial charge in [0.1, 0.15) is 11.6 Å². The molecule has 0 amide bonds. The molecule has 0 unspecified atom stereocenters. The van der Waals surface area contributed by atoms with E-state index in [0.29, 0.717) is 5.56 Å². The average molecular weight is 190 g/mol. The van der Waals surface area contributed by atoms with Crippen molar-refractivity contribution in [2.24, 2.45) is 0 Å². The van der Waals surface area contributed by atoms with Crippen molar-refractivity contribution in [2.75, 3.05) is 0 Å². The molecule has 0 aliphatic carbocycles. The van der Waals surface area contributed by atoms with Crippen LogP contribution in [-0.2, 0) is 0 Å². The Morgan fingerprint density at radius 2 is 1.21 bits per heavy atom. The van der Waals surface area contributed by atoms with Crippen molar-refractivity contribution in [2.45, 2.75) is 0 Å². The summed E-state index contributed by atoms with van der Waals surface area (Å²) in [6.45, 7) is 0. The lowest BCUT2D eigenvalue weighted by Gasteiger charge is -2.03. The summed E-state index contributed by atoms with van der Waals surface area (Å²) in [5.74, 6) is -1.06. The van der Waals surface area contributed by atoms with Crippen LogP contribution in [0.5, 0.6) is 0 Å². The second-order valence-electron chi connectivity index (χ2n) is 2.96. The largest absolute Gasteiger partial charge is 0.206 e. The van der Waals surface area contributed by atoms with Crippen LogP contribution in [0.25, 0.3) is 11.1 Å². The molecule has 0 N–H and O–H groups in total. The Morgan fingerprint density at radius 3 is 1.79 bits per heavy atom. The van der Waals surface area contributed by atoms with E-state index >= 15 is 0 Å². The van der Waals surface area contributed by atoms with E-state index in [1.807, 2.05) is 6.07 Å². The molecule has 14 heavy (non-hydrogen) atoms. The highest BCUT2D eigenvalue weighted by Gasteiger charge is 2.09. The van der Waals surface area contributed by atoms with Gasteiger partial charge in [0.05, 0.1) is 5.56 Å². The maximum absolute atomic E-state index is 13.3. The van der Waals surface area contributed by atoms with E-state index in [0.717, 1.165) is 0 Å². The van der Waals surface area contributed by atoms with Crippen molar-refractivity contribution < 1.29 is 8.78 Å². The van der Waals surface area contributed by atoms with Crippen LogP contribution in [0.4, 0.5) is 8.78 Å². The van der Waals surface area contributed by atoms with Gasteiger partial charge in [0.25, 0.3) is 0 Å². The molecule has 0 aliphatic rings. The molecule has 2 aromatic rings. The fraction of sp³-hybridized carbons (Fsp3) is 0. The van der Waals surface area contributed by atoms with Gasteiger partial charge in [-0.15, -0.1) is 0 Å². The first-order valence-electron chi connectivity index (χ1n) is 4.28. The minimum atomic E-state index is -0.531. The van der Waals surface area contributed by atoms with Gasteiger partial charge in [-0.25, -0.2) is 8.78 Å². The van der Waals surface area contributed by atoms with Crippen LogP contribution in [0.1, 0.15) is 0 Å². The van der Waals surface area contributed by atoms with Crippen molar-refractivity contribution >= 4 is 0 Å². The zero-order valence-corrected chi connectivity index (χ0v) is 7.37. The summed E-state index contributed by atoms with van der Waals surface area (Å²) in [5.41, 5.74) is 0.594. The van der Waals surface area contributed by atoms with Gasteiger partial charge in [-0.05, 0) is 17.7 Å². The molecule has 2 rings (SSSR count). The fourth-order valence-electron chi connectivity index (χ4n) is 1.38. The van der Waals surface area contributed by atoms with Crippen LogP contribution >= 0.6 is 0 Å². The van der Waals surface area contributed by atoms with Crippen molar-refractivity contribution in [3.63, 3.8) is 0 Å². The Balaban J connectivity index is 2.63. The second kappa shape index (κ2) is 3.58. The smallest absolute Gasteiger partial charge is 0.133 e. The highest BCUT2D eigenvalue weighted by atomic mass is 19.1. The lowest BCUT2D eigenvalue weighted by Crippen LogP contribution is -1.88. The molecule has 0 aromatic heterocycles. The predicted octanol–water partition coefficient (Wildman–Crippen LogP) is 3.63. The molecule has 0 saturated heterocycles. The summed E-state index contributed by atoms with van der Waals surface area (Å²) in [7, 11) is 0. The van der Waals surface area contributed by atoms with Crippen LogP contribution in [-0.4, -0.2) is 0 Å². The number of hydrogen-bond donors (Lipinski definition) is 0. The maximum Gasteiger partial charge on any atom is 0.133 e. The molecule has 0 atom stereocenters. The van der Waals surface area contributed by atoms with Crippen LogP contribution in [0, 0.1) is 11.6 Å². The number of benzene rings is 2. The summed E-state index contributed by atoms with van der Waals surface area (Å²) >= 11 is 0. The quantitative estimate of drug-likeness (QED) is 0.644. The molecule has 2 heteroatoms. The lowest BCUT2D eigenvalue weighted by molar-refractivity contribution is 0.589. The van der Waals surface area contributed by atoms with Crippen molar-refractivity contribution in [1.29, 1.82) is 0 Å². The molecule has 70 valence electrons. The van der Waals surface area contributed by atoms with Crippen LogP contribution < -0.4 is 0 Å². The SMILES string of the molecule is Fc1cccc(F)c1-c1ccccc1. The number of hydrogen-bond acceptors (Lipinski definition) is 0. The van der Waals surface area contributed by atoms with Gasteiger partial charge in [-0.3, -0.25) is 0 Å². The van der Waals surface area contributed by atoms with Crippen molar-refractivity contribution in [1.82, 2.24) is 0 Å². The fourth-order valence-corrected chi connectivity index (χ4v) is 1.38. The van der Waals surface area contributed by atoms with Gasteiger partial charge in [0.2, 0.25) is 0 Å². The van der Waals surface area contributed by atoms with Crippen molar-refractivity contribution in [3.05, 3.63) is 60.2 Å². The normalized spacial score (nSPS) is 10.1. The Morgan fingerprint density at radius 1 is 0.643 bits per heavy atom. The molecule has 0 fully saturated rings. The van der Waals surface area contributed by atoms with E-state index in [2.05, 4.69) is 0 Å². The summed E-state index contributed by atoms with van der Waals surface area (Å²) in [6, 6.07) is 12.5. The highest BCUT2D eigenvalue weighted by molar-refractivity contribution is 5.64. The van der Waals surface area contributed by atoms with Gasteiger partial charge < -0.3 is 0 Å². The molecule has 0 aliphatic heterocycles. The molecule has 0 radical (unpaired) electrons. The van der Waals surface area contributed by atoms with Crippen LogP contribution in [0.15, 0.2) is 48.5 Å². The summed E-state index contributed by atoms with van der Waals surface area (Å²) in [4.78, 5) is 0. The molecule has 0 heterocycles. The average Bonchev–Trinajstić information content (AvgIpc) is 2.19. The Kier molecular flexibility index (Phi) is 2.27. The van der Waals surface area contributed by atoms with Crippen LogP contribution in [0.2, 0.25) is 0 Å². The molecule has 0 nitrogen and oxygen atoms in total. The van der Waals surface area contributed by atoms with E-state index < -0.39 is 11.6 Å². The van der Waals surface area contributed by atoms with Gasteiger partial charge in [0.15, 0.2) is 0 Å². The van der Waals surface area contributed by atoms with E-state index in [9.17, 15) is 8.78 Å². The Labute approximate surface area is 80.8 Å². The summed E-state index contributed by atoms with van der Waals surface area (Å²) in [6.07, 6.45) is 0. The molecule has 0 bridgehead atoms. The minimum absolute atomic E-state index is 0.0353. The van der Waals surface area contributed by atoms with Gasteiger partial charge in [-0.2, -0.15) is 0 Å². The number of rotatable bonds is 1. The summed E-state index contributed by atoms with van der Waals surface area (Å²) in [5, 5.41) is 0. The van der Waals surface area contributed by atoms with E-state index in [1.54, 1.807) is 24.3 Å². The molecular formula is C12H8F2. The zero-order valence-electron chi connectivity index (χ0n) is 7.37. The third-order valence-corrected chi connectivity index (χ3v) is 2.03. The summed E-state index contributed by atoms with van der Waals surface area (Å²) < 4.78 is 26.6. The Hall–Kier alpha value is -1.70. The van der Waals surface area contributed by atoms with Crippen LogP contribution in [0.3, 0.4) is 0 Å². The first kappa shape index (κ1) is 8.88. The third-order valence-electron chi connectivity index (χ3n) is 2.03. The Bertz CT molecular complexity index is 415. The zero-order chi connectivity index (χ0) is 9.97. The maximum atomic E-state index is 13.3. The highest BCUT2D eigenvalue weighted by Crippen LogP contribution is 2.25. The third kappa shape index (κ3) is 1.51. The lowest BCUT2D eigenvalue weighted by atomic mass is 10.0. The monoisotopic (exact) mass is 190 g/mol. The first-order chi connectivity index (χ1) is 6.79. The van der Waals surface area contributed by atoms with Crippen molar-refractivity contribution in [3.8, 4) is 11.1 Å². The standard InChI is InChI=1S/C12H8F2/c13-10-7-4-8-11(14)12(10)9-5-2-1-3-6-9/h1-8H. The van der Waals surface area contributed by atoms with E-state index in [-0.39, 0.29) is 5.56 Å².